The van der Waals surface area contributed by atoms with Crippen molar-refractivity contribution in [3.8, 4) is 0 Å². The second kappa shape index (κ2) is 5.78. The number of aryl methyl sites for hydroxylation is 1. The van der Waals surface area contributed by atoms with Crippen LogP contribution in [0.2, 0.25) is 0 Å². The highest BCUT2D eigenvalue weighted by Crippen LogP contribution is 2.24. The van der Waals surface area contributed by atoms with Gasteiger partial charge in [0.25, 0.3) is 5.91 Å². The van der Waals surface area contributed by atoms with E-state index in [9.17, 15) is 4.79 Å². The van der Waals surface area contributed by atoms with Crippen molar-refractivity contribution in [2.75, 3.05) is 5.32 Å². The first-order valence-corrected chi connectivity index (χ1v) is 7.88. The quantitative estimate of drug-likeness (QED) is 0.569. The molecule has 4 rings (SSSR count). The highest BCUT2D eigenvalue weighted by atomic mass is 16.1. The molecule has 1 N–H and O–H groups in total. The summed E-state index contributed by atoms with van der Waals surface area (Å²) in [5.74, 6) is -0.123. The van der Waals surface area contributed by atoms with Crippen LogP contribution < -0.4 is 5.32 Å². The van der Waals surface area contributed by atoms with Crippen molar-refractivity contribution in [1.29, 1.82) is 0 Å². The van der Waals surface area contributed by atoms with E-state index in [2.05, 4.69) is 10.3 Å². The fourth-order valence-electron chi connectivity index (χ4n) is 2.96. The third-order valence-electron chi connectivity index (χ3n) is 4.14. The first kappa shape index (κ1) is 14.4. The van der Waals surface area contributed by atoms with E-state index in [0.29, 0.717) is 5.56 Å². The highest BCUT2D eigenvalue weighted by molar-refractivity contribution is 6.14. The van der Waals surface area contributed by atoms with Crippen molar-refractivity contribution in [3.05, 3.63) is 84.1 Å². The standard InChI is InChI=1S/C21H16N2O/c1-14-12-13-16-8-5-11-19(20(16)22-14)23-21(24)18-10-4-7-15-6-2-3-9-17(15)18/h2-13H,1H3,(H,23,24). The highest BCUT2D eigenvalue weighted by Gasteiger charge is 2.12. The maximum absolute atomic E-state index is 12.8. The average Bonchev–Trinajstić information content (AvgIpc) is 2.61. The van der Waals surface area contributed by atoms with Gasteiger partial charge >= 0.3 is 0 Å². The van der Waals surface area contributed by atoms with Crippen LogP contribution in [0, 0.1) is 6.92 Å². The fraction of sp³-hybridized carbons (Fsp3) is 0.0476. The molecule has 0 aliphatic heterocycles. The van der Waals surface area contributed by atoms with Gasteiger partial charge in [0.15, 0.2) is 0 Å². The number of nitrogens with one attached hydrogen (secondary N) is 1. The van der Waals surface area contributed by atoms with Crippen LogP contribution in [0.25, 0.3) is 21.7 Å². The number of carbonyl (C=O) groups is 1. The zero-order chi connectivity index (χ0) is 16.5. The number of fused-ring (bicyclic) bond motifs is 2. The van der Waals surface area contributed by atoms with Crippen LogP contribution in [0.15, 0.2) is 72.8 Å². The zero-order valence-corrected chi connectivity index (χ0v) is 13.3. The summed E-state index contributed by atoms with van der Waals surface area (Å²) in [6.45, 7) is 1.95. The molecule has 3 heteroatoms. The number of carbonyl (C=O) groups excluding carboxylic acids is 1. The van der Waals surface area contributed by atoms with Crippen molar-refractivity contribution in [3.63, 3.8) is 0 Å². The van der Waals surface area contributed by atoms with Crippen LogP contribution in [-0.4, -0.2) is 10.9 Å². The molecule has 1 amide bonds. The summed E-state index contributed by atoms with van der Waals surface area (Å²) >= 11 is 0. The van der Waals surface area contributed by atoms with Gasteiger partial charge in [-0.05, 0) is 35.9 Å². The molecule has 1 aromatic heterocycles. The van der Waals surface area contributed by atoms with E-state index in [-0.39, 0.29) is 5.91 Å². The van der Waals surface area contributed by atoms with Gasteiger partial charge in [-0.25, -0.2) is 0 Å². The van der Waals surface area contributed by atoms with Crippen molar-refractivity contribution in [2.45, 2.75) is 6.92 Å². The van der Waals surface area contributed by atoms with Gasteiger partial charge in [0, 0.05) is 16.6 Å². The summed E-state index contributed by atoms with van der Waals surface area (Å²) in [6, 6.07) is 23.5. The third-order valence-corrected chi connectivity index (χ3v) is 4.14. The van der Waals surface area contributed by atoms with Crippen molar-refractivity contribution >= 4 is 33.3 Å². The molecule has 0 radical (unpaired) electrons. The molecule has 0 atom stereocenters. The summed E-state index contributed by atoms with van der Waals surface area (Å²) in [6.07, 6.45) is 0. The van der Waals surface area contributed by atoms with Gasteiger partial charge in [-0.1, -0.05) is 54.6 Å². The number of hydrogen-bond acceptors (Lipinski definition) is 2. The number of benzene rings is 3. The molecule has 116 valence electrons. The molecule has 0 aliphatic rings. The lowest BCUT2D eigenvalue weighted by Crippen LogP contribution is -2.13. The van der Waals surface area contributed by atoms with E-state index in [1.807, 2.05) is 79.7 Å². The Morgan fingerprint density at radius 1 is 0.833 bits per heavy atom. The maximum atomic E-state index is 12.8. The van der Waals surface area contributed by atoms with Gasteiger partial charge in [-0.2, -0.15) is 0 Å². The third kappa shape index (κ3) is 2.50. The van der Waals surface area contributed by atoms with E-state index in [0.717, 1.165) is 33.1 Å². The van der Waals surface area contributed by atoms with E-state index in [4.69, 9.17) is 0 Å². The Labute approximate surface area is 140 Å². The molecule has 0 saturated heterocycles. The lowest BCUT2D eigenvalue weighted by atomic mass is 10.0. The second-order valence-electron chi connectivity index (χ2n) is 5.81. The normalized spacial score (nSPS) is 10.9. The molecular formula is C21H16N2O. The average molecular weight is 312 g/mol. The topological polar surface area (TPSA) is 42.0 Å². The Balaban J connectivity index is 1.78. The van der Waals surface area contributed by atoms with E-state index >= 15 is 0 Å². The SMILES string of the molecule is Cc1ccc2cccc(NC(=O)c3cccc4ccccc34)c2n1. The fourth-order valence-corrected chi connectivity index (χ4v) is 2.96. The number of pyridine rings is 1. The zero-order valence-electron chi connectivity index (χ0n) is 13.3. The molecule has 1 heterocycles. The molecule has 3 nitrogen and oxygen atoms in total. The number of hydrogen-bond donors (Lipinski definition) is 1. The van der Waals surface area contributed by atoms with Crippen LogP contribution in [0.1, 0.15) is 16.1 Å². The Bertz CT molecular complexity index is 1060. The summed E-state index contributed by atoms with van der Waals surface area (Å²) in [5, 5.41) is 6.03. The van der Waals surface area contributed by atoms with Gasteiger partial charge in [0.1, 0.15) is 0 Å². The summed E-state index contributed by atoms with van der Waals surface area (Å²) in [4.78, 5) is 17.4. The van der Waals surface area contributed by atoms with Crippen LogP contribution in [0.5, 0.6) is 0 Å². The number of rotatable bonds is 2. The Morgan fingerprint density at radius 2 is 1.58 bits per heavy atom. The predicted molar refractivity (Wildman–Crippen MR) is 98.4 cm³/mol. The molecule has 0 saturated carbocycles. The molecule has 3 aromatic carbocycles. The second-order valence-corrected chi connectivity index (χ2v) is 5.81. The van der Waals surface area contributed by atoms with Crippen molar-refractivity contribution < 1.29 is 4.79 Å². The number of aromatic nitrogens is 1. The minimum Gasteiger partial charge on any atom is -0.320 e. The maximum Gasteiger partial charge on any atom is 0.256 e. The smallest absolute Gasteiger partial charge is 0.256 e. The van der Waals surface area contributed by atoms with Crippen molar-refractivity contribution in [1.82, 2.24) is 4.98 Å². The Hall–Kier alpha value is -3.20. The minimum absolute atomic E-state index is 0.123. The lowest BCUT2D eigenvalue weighted by Gasteiger charge is -2.10. The molecule has 0 spiro atoms. The molecule has 0 unspecified atom stereocenters. The summed E-state index contributed by atoms with van der Waals surface area (Å²) < 4.78 is 0. The van der Waals surface area contributed by atoms with E-state index in [1.165, 1.54) is 0 Å². The largest absolute Gasteiger partial charge is 0.320 e. The predicted octanol–water partition coefficient (Wildman–Crippen LogP) is 4.95. The number of anilines is 1. The van der Waals surface area contributed by atoms with Gasteiger partial charge < -0.3 is 5.32 Å². The van der Waals surface area contributed by atoms with E-state index < -0.39 is 0 Å². The molecular weight excluding hydrogens is 296 g/mol. The number of para-hydroxylation sites is 1. The first-order valence-electron chi connectivity index (χ1n) is 7.88. The molecule has 24 heavy (non-hydrogen) atoms. The Morgan fingerprint density at radius 3 is 2.50 bits per heavy atom. The van der Waals surface area contributed by atoms with Gasteiger partial charge in [-0.15, -0.1) is 0 Å². The van der Waals surface area contributed by atoms with E-state index in [1.54, 1.807) is 0 Å². The summed E-state index contributed by atoms with van der Waals surface area (Å²) in [7, 11) is 0. The number of nitrogens with zero attached hydrogens (tertiary/aromatic N) is 1. The van der Waals surface area contributed by atoms with Gasteiger partial charge in [0.2, 0.25) is 0 Å². The van der Waals surface area contributed by atoms with Crippen LogP contribution >= 0.6 is 0 Å². The van der Waals surface area contributed by atoms with Gasteiger partial charge in [0.05, 0.1) is 11.2 Å². The van der Waals surface area contributed by atoms with Crippen LogP contribution in [-0.2, 0) is 0 Å². The molecule has 0 fully saturated rings. The van der Waals surface area contributed by atoms with Crippen LogP contribution in [0.3, 0.4) is 0 Å². The monoisotopic (exact) mass is 312 g/mol. The Kier molecular flexibility index (Phi) is 3.47. The molecule has 0 bridgehead atoms. The van der Waals surface area contributed by atoms with Crippen molar-refractivity contribution in [2.24, 2.45) is 0 Å². The summed E-state index contributed by atoms with van der Waals surface area (Å²) in [5.41, 5.74) is 3.13. The van der Waals surface area contributed by atoms with Gasteiger partial charge in [-0.3, -0.25) is 9.78 Å². The first-order chi connectivity index (χ1) is 11.7. The molecule has 0 aliphatic carbocycles. The van der Waals surface area contributed by atoms with Crippen LogP contribution in [0.4, 0.5) is 5.69 Å². The number of amides is 1. The minimum atomic E-state index is -0.123. The lowest BCUT2D eigenvalue weighted by molar-refractivity contribution is 0.102. The molecule has 4 aromatic rings.